The Kier molecular flexibility index (Phi) is 3.86. The number of thiazole rings is 1. The van der Waals surface area contributed by atoms with Gasteiger partial charge >= 0.3 is 0 Å². The second kappa shape index (κ2) is 6.06. The van der Waals surface area contributed by atoms with Crippen LogP contribution in [0.4, 0.5) is 10.1 Å². The molecule has 2 heterocycles. The maximum absolute atomic E-state index is 13.5. The summed E-state index contributed by atoms with van der Waals surface area (Å²) in [7, 11) is 0. The highest BCUT2D eigenvalue weighted by atomic mass is 32.1. The number of aromatic hydroxyl groups is 1. The fourth-order valence-electron chi connectivity index (χ4n) is 2.87. The predicted molar refractivity (Wildman–Crippen MR) is 103 cm³/mol. The van der Waals surface area contributed by atoms with Crippen molar-refractivity contribution in [3.8, 4) is 11.6 Å². The van der Waals surface area contributed by atoms with Gasteiger partial charge in [-0.3, -0.25) is 9.56 Å². The third-order valence-electron chi connectivity index (χ3n) is 4.03. The number of benzene rings is 2. The normalized spacial score (nSPS) is 14.6. The zero-order valence-corrected chi connectivity index (χ0v) is 14.9. The number of halogens is 1. The SMILES string of the molecule is CC1=Nc2ccccc2/C1=C\c1sc(=S)n(-c2cccc(F)c2)c1O. The lowest BCUT2D eigenvalue weighted by atomic mass is 10.0. The molecule has 124 valence electrons. The predicted octanol–water partition coefficient (Wildman–Crippen LogP) is 5.76. The van der Waals surface area contributed by atoms with E-state index in [4.69, 9.17) is 12.2 Å². The first-order chi connectivity index (χ1) is 12.0. The maximum atomic E-state index is 13.5. The van der Waals surface area contributed by atoms with E-state index in [0.29, 0.717) is 14.5 Å². The van der Waals surface area contributed by atoms with Crippen molar-refractivity contribution in [2.24, 2.45) is 4.99 Å². The van der Waals surface area contributed by atoms with Crippen LogP contribution in [0.15, 0.2) is 53.5 Å². The van der Waals surface area contributed by atoms with Gasteiger partial charge in [0.15, 0.2) is 3.95 Å². The van der Waals surface area contributed by atoms with E-state index in [9.17, 15) is 9.50 Å². The number of fused-ring (bicyclic) bond motifs is 1. The van der Waals surface area contributed by atoms with Gasteiger partial charge in [-0.25, -0.2) is 4.39 Å². The first-order valence-electron chi connectivity index (χ1n) is 7.62. The zero-order valence-electron chi connectivity index (χ0n) is 13.2. The van der Waals surface area contributed by atoms with Gasteiger partial charge in [-0.2, -0.15) is 0 Å². The number of aromatic nitrogens is 1. The quantitative estimate of drug-likeness (QED) is 0.584. The summed E-state index contributed by atoms with van der Waals surface area (Å²) in [5.74, 6) is -0.372. The third kappa shape index (κ3) is 2.73. The van der Waals surface area contributed by atoms with E-state index in [1.807, 2.05) is 37.3 Å². The van der Waals surface area contributed by atoms with Crippen LogP contribution in [0, 0.1) is 9.77 Å². The van der Waals surface area contributed by atoms with Crippen LogP contribution in [0.25, 0.3) is 17.3 Å². The number of hydrogen-bond acceptors (Lipinski definition) is 4. The molecule has 0 bridgehead atoms. The van der Waals surface area contributed by atoms with Crippen molar-refractivity contribution in [2.45, 2.75) is 6.92 Å². The molecule has 0 fully saturated rings. The minimum absolute atomic E-state index is 0.00489. The fourth-order valence-corrected chi connectivity index (χ4v) is 4.16. The average Bonchev–Trinajstić information content (AvgIpc) is 3.04. The molecule has 0 saturated carbocycles. The van der Waals surface area contributed by atoms with Crippen molar-refractivity contribution in [2.75, 3.05) is 0 Å². The summed E-state index contributed by atoms with van der Waals surface area (Å²) < 4.78 is 15.4. The van der Waals surface area contributed by atoms with Crippen LogP contribution < -0.4 is 0 Å². The fraction of sp³-hybridized carbons (Fsp3) is 0.0526. The summed E-state index contributed by atoms with van der Waals surface area (Å²) in [6.07, 6.45) is 1.89. The van der Waals surface area contributed by atoms with Crippen LogP contribution in [-0.2, 0) is 0 Å². The summed E-state index contributed by atoms with van der Waals surface area (Å²) in [5.41, 5.74) is 4.28. The van der Waals surface area contributed by atoms with Gasteiger partial charge < -0.3 is 5.11 Å². The molecule has 1 aliphatic heterocycles. The van der Waals surface area contributed by atoms with Crippen LogP contribution in [0.2, 0.25) is 0 Å². The minimum atomic E-state index is -0.377. The lowest BCUT2D eigenvalue weighted by molar-refractivity contribution is 0.441. The highest BCUT2D eigenvalue weighted by molar-refractivity contribution is 7.73. The van der Waals surface area contributed by atoms with Crippen LogP contribution in [0.1, 0.15) is 17.4 Å². The highest BCUT2D eigenvalue weighted by Crippen LogP contribution is 2.38. The molecule has 0 saturated heterocycles. The number of aliphatic imine (C=N–C) groups is 1. The van der Waals surface area contributed by atoms with Crippen molar-refractivity contribution in [1.29, 1.82) is 0 Å². The van der Waals surface area contributed by atoms with Crippen molar-refractivity contribution >= 4 is 46.6 Å². The topological polar surface area (TPSA) is 37.5 Å². The summed E-state index contributed by atoms with van der Waals surface area (Å²) in [6, 6.07) is 13.9. The monoisotopic (exact) mass is 368 g/mol. The van der Waals surface area contributed by atoms with Crippen LogP contribution in [0.5, 0.6) is 5.88 Å². The molecule has 0 atom stereocenters. The van der Waals surface area contributed by atoms with Crippen molar-refractivity contribution in [3.05, 3.63) is 68.7 Å². The van der Waals surface area contributed by atoms with E-state index in [1.54, 1.807) is 12.1 Å². The Morgan fingerprint density at radius 3 is 2.80 bits per heavy atom. The maximum Gasteiger partial charge on any atom is 0.215 e. The number of nitrogens with zero attached hydrogens (tertiary/aromatic N) is 2. The Morgan fingerprint density at radius 2 is 2.00 bits per heavy atom. The smallest absolute Gasteiger partial charge is 0.215 e. The lowest BCUT2D eigenvalue weighted by Gasteiger charge is -2.05. The standard InChI is InChI=1S/C19H13FN2OS2/c1-11-15(14-7-2-3-8-16(14)21-11)10-17-18(23)22(19(24)25-17)13-6-4-5-12(20)9-13/h2-10,23H,1H3/b15-10-. The van der Waals surface area contributed by atoms with Gasteiger partial charge in [0.1, 0.15) is 5.82 Å². The van der Waals surface area contributed by atoms with E-state index in [-0.39, 0.29) is 11.7 Å². The van der Waals surface area contributed by atoms with Crippen LogP contribution in [-0.4, -0.2) is 15.4 Å². The molecule has 2 aromatic carbocycles. The summed E-state index contributed by atoms with van der Waals surface area (Å²) in [6.45, 7) is 1.94. The first kappa shape index (κ1) is 15.9. The number of allylic oxidation sites excluding steroid dienone is 1. The first-order valence-corrected chi connectivity index (χ1v) is 8.84. The Morgan fingerprint density at radius 1 is 1.20 bits per heavy atom. The van der Waals surface area contributed by atoms with Crippen molar-refractivity contribution < 1.29 is 9.50 Å². The second-order valence-electron chi connectivity index (χ2n) is 5.64. The molecule has 6 heteroatoms. The van der Waals surface area contributed by atoms with E-state index >= 15 is 0 Å². The Balaban J connectivity index is 1.85. The highest BCUT2D eigenvalue weighted by Gasteiger charge is 2.19. The molecule has 3 nitrogen and oxygen atoms in total. The molecular formula is C19H13FN2OS2. The van der Waals surface area contributed by atoms with Crippen LogP contribution in [0.3, 0.4) is 0 Å². The molecule has 0 radical (unpaired) electrons. The number of para-hydroxylation sites is 1. The van der Waals surface area contributed by atoms with Crippen molar-refractivity contribution in [3.63, 3.8) is 0 Å². The Labute approximate surface area is 153 Å². The van der Waals surface area contributed by atoms with Gasteiger partial charge in [0.25, 0.3) is 0 Å². The van der Waals surface area contributed by atoms with Gasteiger partial charge in [-0.1, -0.05) is 24.3 Å². The van der Waals surface area contributed by atoms with Gasteiger partial charge in [0.05, 0.1) is 16.3 Å². The molecule has 0 spiro atoms. The van der Waals surface area contributed by atoms with Crippen LogP contribution >= 0.6 is 23.6 Å². The number of hydrogen-bond donors (Lipinski definition) is 1. The summed E-state index contributed by atoms with van der Waals surface area (Å²) in [4.78, 5) is 5.17. The average molecular weight is 368 g/mol. The minimum Gasteiger partial charge on any atom is -0.493 e. The molecule has 0 amide bonds. The van der Waals surface area contributed by atoms with Crippen molar-refractivity contribution in [1.82, 2.24) is 4.57 Å². The van der Waals surface area contributed by atoms with Gasteiger partial charge in [-0.15, -0.1) is 11.3 Å². The Hall–Kier alpha value is -2.57. The lowest BCUT2D eigenvalue weighted by Crippen LogP contribution is -1.94. The van der Waals surface area contributed by atoms with Gasteiger partial charge in [0, 0.05) is 16.8 Å². The molecular weight excluding hydrogens is 355 g/mol. The summed E-state index contributed by atoms with van der Waals surface area (Å²) >= 11 is 6.65. The molecule has 1 aromatic heterocycles. The molecule has 0 aliphatic carbocycles. The summed E-state index contributed by atoms with van der Waals surface area (Å²) in [5, 5.41) is 10.6. The van der Waals surface area contributed by atoms with Gasteiger partial charge in [0.2, 0.25) is 5.88 Å². The van der Waals surface area contributed by atoms with Gasteiger partial charge in [-0.05, 0) is 49.5 Å². The zero-order chi connectivity index (χ0) is 17.6. The van der Waals surface area contributed by atoms with E-state index in [2.05, 4.69) is 4.99 Å². The second-order valence-corrected chi connectivity index (χ2v) is 7.32. The third-order valence-corrected chi connectivity index (χ3v) is 5.34. The molecule has 1 N–H and O–H groups in total. The molecule has 4 rings (SSSR count). The molecule has 3 aromatic rings. The number of rotatable bonds is 2. The van der Waals surface area contributed by atoms with E-state index < -0.39 is 0 Å². The molecule has 25 heavy (non-hydrogen) atoms. The molecule has 1 aliphatic rings. The largest absolute Gasteiger partial charge is 0.493 e. The Bertz CT molecular complexity index is 1110. The van der Waals surface area contributed by atoms with E-state index in [1.165, 1.54) is 28.0 Å². The van der Waals surface area contributed by atoms with E-state index in [0.717, 1.165) is 22.5 Å². The molecule has 0 unspecified atom stereocenters.